The van der Waals surface area contributed by atoms with Crippen molar-refractivity contribution in [1.29, 1.82) is 5.41 Å². The molecule has 5 atom stereocenters. The van der Waals surface area contributed by atoms with Crippen LogP contribution >= 0.6 is 0 Å². The fourth-order valence-electron chi connectivity index (χ4n) is 4.08. The molecular weight excluding hydrogens is 562 g/mol. The van der Waals surface area contributed by atoms with Gasteiger partial charge in [0, 0.05) is 13.1 Å². The van der Waals surface area contributed by atoms with Crippen molar-refractivity contribution in [2.75, 3.05) is 26.2 Å². The van der Waals surface area contributed by atoms with Crippen molar-refractivity contribution in [2.45, 2.75) is 69.3 Å². The van der Waals surface area contributed by atoms with Gasteiger partial charge in [0.15, 0.2) is 5.96 Å². The predicted molar refractivity (Wildman–Crippen MR) is 143 cm³/mol. The Labute approximate surface area is 240 Å². The lowest BCUT2D eigenvalue weighted by molar-refractivity contribution is -0.150. The average Bonchev–Trinajstić information content (AvgIpc) is 3.41. The number of carboxylic acid groups (broad SMARTS) is 2. The molecule has 1 heterocycles. The zero-order chi connectivity index (χ0) is 32.0. The Bertz CT molecular complexity index is 1040. The van der Waals surface area contributed by atoms with Crippen LogP contribution in [0.3, 0.4) is 0 Å². The van der Waals surface area contributed by atoms with E-state index in [0.717, 1.165) is 4.90 Å². The number of carbonyl (C=O) groups excluding carboxylic acids is 5. The third kappa shape index (κ3) is 11.9. The molecule has 236 valence electrons. The Morgan fingerprint density at radius 2 is 1.64 bits per heavy atom. The first-order valence-electron chi connectivity index (χ1n) is 13.1. The molecule has 19 nitrogen and oxygen atoms in total. The van der Waals surface area contributed by atoms with Crippen LogP contribution in [0.15, 0.2) is 0 Å². The number of guanidine groups is 1. The number of nitrogens with one attached hydrogen (secondary N) is 6. The SMILES string of the molecule is C[C@@H](O)[C@H](NC(=O)CNC(=O)[C@H](CC(=O)O)NC(=O)[C@H](CCCNC(=N)N)NC(=O)CN)C(=O)N1CCC[C@H]1C(=O)O. The molecular formula is C23H39N9O10. The molecule has 0 unspecified atom stereocenters. The Balaban J connectivity index is 2.86. The monoisotopic (exact) mass is 601 g/mol. The van der Waals surface area contributed by atoms with Gasteiger partial charge in [-0.25, -0.2) is 4.79 Å². The minimum absolute atomic E-state index is 0.0101. The summed E-state index contributed by atoms with van der Waals surface area (Å²) in [5, 5.41) is 47.2. The number of nitrogens with zero attached hydrogens (tertiary/aromatic N) is 1. The molecule has 0 aromatic carbocycles. The van der Waals surface area contributed by atoms with Gasteiger partial charge in [0.25, 0.3) is 0 Å². The lowest BCUT2D eigenvalue weighted by Gasteiger charge is -2.28. The predicted octanol–water partition coefficient (Wildman–Crippen LogP) is -5.29. The summed E-state index contributed by atoms with van der Waals surface area (Å²) in [6.07, 6.45) is -1.43. The minimum atomic E-state index is -1.68. The summed E-state index contributed by atoms with van der Waals surface area (Å²) in [7, 11) is 0. The summed E-state index contributed by atoms with van der Waals surface area (Å²) >= 11 is 0. The zero-order valence-electron chi connectivity index (χ0n) is 23.1. The molecule has 0 saturated carbocycles. The molecule has 19 heteroatoms. The van der Waals surface area contributed by atoms with Crippen LogP contribution in [-0.4, -0.2) is 124 Å². The second-order valence-corrected chi connectivity index (χ2v) is 9.50. The van der Waals surface area contributed by atoms with Crippen molar-refractivity contribution in [2.24, 2.45) is 11.5 Å². The van der Waals surface area contributed by atoms with Gasteiger partial charge in [-0.3, -0.25) is 34.2 Å². The average molecular weight is 602 g/mol. The lowest BCUT2D eigenvalue weighted by atomic mass is 10.1. The van der Waals surface area contributed by atoms with E-state index in [-0.39, 0.29) is 38.3 Å². The van der Waals surface area contributed by atoms with E-state index in [0.29, 0.717) is 6.42 Å². The number of carboxylic acids is 2. The molecule has 1 aliphatic rings. The van der Waals surface area contributed by atoms with Gasteiger partial charge in [0.2, 0.25) is 29.5 Å². The van der Waals surface area contributed by atoms with E-state index in [4.69, 9.17) is 16.9 Å². The van der Waals surface area contributed by atoms with Crippen molar-refractivity contribution in [3.8, 4) is 0 Å². The Hall–Kier alpha value is -4.52. The number of carbonyl (C=O) groups is 7. The standard InChI is InChI=1S/C23H39N9O10/c1-11(33)18(21(40)32-7-3-5-14(32)22(41)42)31-16(35)10-28-19(38)13(8-17(36)37)30-20(39)12(29-15(34)9-24)4-2-6-27-23(25)26/h11-14,18,33H,2-10,24H2,1H3,(H,28,38)(H,29,34)(H,30,39)(H,31,35)(H,36,37)(H,41,42)(H4,25,26,27)/t11-,12+,13+,14+,18+/m1/s1. The van der Waals surface area contributed by atoms with Crippen LogP contribution in [-0.2, 0) is 33.6 Å². The highest BCUT2D eigenvalue weighted by molar-refractivity contribution is 5.96. The van der Waals surface area contributed by atoms with Crippen LogP contribution in [0.1, 0.15) is 39.0 Å². The minimum Gasteiger partial charge on any atom is -0.481 e. The van der Waals surface area contributed by atoms with Crippen molar-refractivity contribution in [3.63, 3.8) is 0 Å². The topological polar surface area (TPSA) is 319 Å². The maximum absolute atomic E-state index is 12.8. The molecule has 0 spiro atoms. The number of amides is 5. The second kappa shape index (κ2) is 17.3. The number of aliphatic carboxylic acids is 2. The van der Waals surface area contributed by atoms with Crippen LogP contribution in [0.2, 0.25) is 0 Å². The zero-order valence-corrected chi connectivity index (χ0v) is 23.1. The first-order chi connectivity index (χ1) is 19.7. The number of aliphatic hydroxyl groups excluding tert-OH is 1. The number of hydrogen-bond donors (Lipinski definition) is 11. The molecule has 5 amide bonds. The number of likely N-dealkylation sites (tertiary alicyclic amines) is 1. The van der Waals surface area contributed by atoms with E-state index >= 15 is 0 Å². The van der Waals surface area contributed by atoms with E-state index < -0.39 is 91.3 Å². The fraction of sp³-hybridized carbons (Fsp3) is 0.652. The van der Waals surface area contributed by atoms with Gasteiger partial charge in [-0.1, -0.05) is 0 Å². The molecule has 1 rings (SSSR count). The Kier molecular flexibility index (Phi) is 14.6. The molecule has 0 aliphatic carbocycles. The summed E-state index contributed by atoms with van der Waals surface area (Å²) in [5.41, 5.74) is 10.5. The van der Waals surface area contributed by atoms with Gasteiger partial charge < -0.3 is 58.3 Å². The molecule has 13 N–H and O–H groups in total. The molecule has 1 aliphatic heterocycles. The molecule has 0 aromatic heterocycles. The summed E-state index contributed by atoms with van der Waals surface area (Å²) in [4.78, 5) is 86.5. The van der Waals surface area contributed by atoms with E-state index in [1.807, 2.05) is 0 Å². The van der Waals surface area contributed by atoms with Crippen LogP contribution in [0.25, 0.3) is 0 Å². The summed E-state index contributed by atoms with van der Waals surface area (Å²) < 4.78 is 0. The molecule has 0 bridgehead atoms. The maximum atomic E-state index is 12.8. The normalized spacial score (nSPS) is 17.1. The van der Waals surface area contributed by atoms with Crippen LogP contribution in [0, 0.1) is 5.41 Å². The van der Waals surface area contributed by atoms with E-state index in [2.05, 4.69) is 26.6 Å². The van der Waals surface area contributed by atoms with Gasteiger partial charge in [0.05, 0.1) is 25.6 Å². The van der Waals surface area contributed by atoms with Crippen LogP contribution in [0.4, 0.5) is 0 Å². The third-order valence-electron chi connectivity index (χ3n) is 6.14. The van der Waals surface area contributed by atoms with Crippen LogP contribution in [0.5, 0.6) is 0 Å². The largest absolute Gasteiger partial charge is 0.481 e. The van der Waals surface area contributed by atoms with Gasteiger partial charge in [-0.15, -0.1) is 0 Å². The second-order valence-electron chi connectivity index (χ2n) is 9.50. The molecule has 1 fully saturated rings. The summed E-state index contributed by atoms with van der Waals surface area (Å²) in [5.74, 6) is -7.48. The summed E-state index contributed by atoms with van der Waals surface area (Å²) in [6, 6.07) is -5.53. The van der Waals surface area contributed by atoms with E-state index in [1.165, 1.54) is 6.92 Å². The van der Waals surface area contributed by atoms with E-state index in [1.54, 1.807) is 0 Å². The van der Waals surface area contributed by atoms with Crippen molar-refractivity contribution >= 4 is 47.4 Å². The number of rotatable bonds is 17. The van der Waals surface area contributed by atoms with Gasteiger partial charge in [0.1, 0.15) is 24.2 Å². The first-order valence-corrected chi connectivity index (χ1v) is 13.1. The first kappa shape index (κ1) is 35.5. The van der Waals surface area contributed by atoms with Crippen molar-refractivity contribution in [1.82, 2.24) is 31.5 Å². The van der Waals surface area contributed by atoms with Crippen molar-refractivity contribution in [3.05, 3.63) is 0 Å². The number of hydrogen-bond acceptors (Lipinski definition) is 10. The van der Waals surface area contributed by atoms with Crippen molar-refractivity contribution < 1.29 is 48.9 Å². The van der Waals surface area contributed by atoms with Gasteiger partial charge in [-0.05, 0) is 32.6 Å². The smallest absolute Gasteiger partial charge is 0.326 e. The van der Waals surface area contributed by atoms with E-state index in [9.17, 15) is 48.9 Å². The molecule has 42 heavy (non-hydrogen) atoms. The lowest BCUT2D eigenvalue weighted by Crippen LogP contribution is -2.58. The van der Waals surface area contributed by atoms with Crippen LogP contribution < -0.4 is 38.1 Å². The maximum Gasteiger partial charge on any atom is 0.326 e. The molecule has 0 aromatic rings. The quantitative estimate of drug-likeness (QED) is 0.0422. The fourth-order valence-corrected chi connectivity index (χ4v) is 4.08. The van der Waals surface area contributed by atoms with Gasteiger partial charge in [-0.2, -0.15) is 0 Å². The Morgan fingerprint density at radius 1 is 0.976 bits per heavy atom. The molecule has 0 radical (unpaired) electrons. The number of nitrogens with two attached hydrogens (primary N) is 2. The highest BCUT2D eigenvalue weighted by Gasteiger charge is 2.39. The highest BCUT2D eigenvalue weighted by atomic mass is 16.4. The molecule has 1 saturated heterocycles. The third-order valence-corrected chi connectivity index (χ3v) is 6.14. The Morgan fingerprint density at radius 3 is 2.19 bits per heavy atom. The van der Waals surface area contributed by atoms with Gasteiger partial charge >= 0.3 is 11.9 Å². The highest BCUT2D eigenvalue weighted by Crippen LogP contribution is 2.19. The number of aliphatic hydroxyl groups is 1. The summed E-state index contributed by atoms with van der Waals surface area (Å²) in [6.45, 7) is 0.266.